The summed E-state index contributed by atoms with van der Waals surface area (Å²) in [5.41, 5.74) is 0.684. The number of allylic oxidation sites excluding steroid dienone is 2. The van der Waals surface area contributed by atoms with E-state index < -0.39 is 0 Å². The number of aliphatic imine (C=N–C) groups is 1. The molecule has 0 spiro atoms. The molecule has 2 heteroatoms. The number of hydrogen-bond acceptors (Lipinski definition) is 2. The summed E-state index contributed by atoms with van der Waals surface area (Å²) in [7, 11) is 0. The van der Waals surface area contributed by atoms with Gasteiger partial charge in [-0.2, -0.15) is 0 Å². The molecule has 0 N–H and O–H groups in total. The zero-order chi connectivity index (χ0) is 6.97. The lowest BCUT2D eigenvalue weighted by atomic mass is 9.98. The lowest BCUT2D eigenvalue weighted by Gasteiger charge is -2.01. The van der Waals surface area contributed by atoms with Crippen molar-refractivity contribution in [3.8, 4) is 11.8 Å². The summed E-state index contributed by atoms with van der Waals surface area (Å²) >= 11 is 0. The number of hydrogen-bond donors (Lipinski definition) is 0. The van der Waals surface area contributed by atoms with Gasteiger partial charge in [0.2, 0.25) is 11.6 Å². The predicted octanol–water partition coefficient (Wildman–Crippen LogP) is -0.182. The molecule has 0 atom stereocenters. The molecule has 2 aliphatic rings. The van der Waals surface area contributed by atoms with Crippen LogP contribution in [0.4, 0.5) is 0 Å². The average Bonchev–Trinajstić information content (AvgIpc) is 2.27. The molecular formula is C8H4NO. The van der Waals surface area contributed by atoms with Crippen LogP contribution in [0, 0.1) is 23.8 Å². The van der Waals surface area contributed by atoms with Gasteiger partial charge in [0.15, 0.2) is 6.08 Å². The van der Waals surface area contributed by atoms with Crippen LogP contribution in [0.2, 0.25) is 0 Å². The first-order valence-corrected chi connectivity index (χ1v) is 3.07. The second-order valence-corrected chi connectivity index (χ2v) is 2.24. The van der Waals surface area contributed by atoms with Crippen LogP contribution >= 0.6 is 0 Å². The molecule has 0 aromatic heterocycles. The number of rotatable bonds is 0. The highest BCUT2D eigenvalue weighted by atomic mass is 16.3. The molecule has 10 heavy (non-hydrogen) atoms. The standard InChI is InChI=1S/C8H4NO/c10-8-5-6-3-1-2-4-7(6)9-8/h3,5H2. The quantitative estimate of drug-likeness (QED) is 0.331. The molecule has 2 rings (SSSR count). The number of nitrogens with zero attached hydrogens (tertiary/aromatic N) is 1. The van der Waals surface area contributed by atoms with E-state index in [9.17, 15) is 5.11 Å². The van der Waals surface area contributed by atoms with Crippen LogP contribution in [0.15, 0.2) is 10.7 Å². The van der Waals surface area contributed by atoms with Gasteiger partial charge < -0.3 is 5.11 Å². The van der Waals surface area contributed by atoms with E-state index in [1.807, 2.05) is 0 Å². The van der Waals surface area contributed by atoms with Gasteiger partial charge in [-0.15, -0.1) is 0 Å². The smallest absolute Gasteiger partial charge is 0.217 e. The molecule has 0 bridgehead atoms. The maximum atomic E-state index is 10.7. The Morgan fingerprint density at radius 1 is 1.60 bits per heavy atom. The maximum Gasteiger partial charge on any atom is 0.217 e. The third kappa shape index (κ3) is 0.689. The molecule has 47 valence electrons. The van der Waals surface area contributed by atoms with E-state index in [0.717, 1.165) is 5.92 Å². The van der Waals surface area contributed by atoms with E-state index >= 15 is 0 Å². The average molecular weight is 130 g/mol. The molecule has 1 aliphatic heterocycles. The van der Waals surface area contributed by atoms with Gasteiger partial charge in [0, 0.05) is 0 Å². The number of fused-ring (bicyclic) bond motifs is 1. The van der Waals surface area contributed by atoms with Crippen molar-refractivity contribution in [2.75, 3.05) is 0 Å². The van der Waals surface area contributed by atoms with E-state index in [-0.39, 0.29) is 5.90 Å². The molecule has 0 amide bonds. The second kappa shape index (κ2) is 1.83. The van der Waals surface area contributed by atoms with Crippen LogP contribution < -0.4 is 5.11 Å². The van der Waals surface area contributed by atoms with Gasteiger partial charge >= 0.3 is 0 Å². The van der Waals surface area contributed by atoms with Crippen molar-refractivity contribution in [3.05, 3.63) is 17.7 Å². The second-order valence-electron chi connectivity index (χ2n) is 2.24. The Kier molecular flexibility index (Phi) is 1.00. The first-order valence-electron chi connectivity index (χ1n) is 3.07. The molecular weight excluding hydrogens is 126 g/mol. The fraction of sp³-hybridized carbons (Fsp3) is 0.250. The summed E-state index contributed by atoms with van der Waals surface area (Å²) in [5, 5.41) is 10.7. The van der Waals surface area contributed by atoms with Crippen LogP contribution in [0.1, 0.15) is 12.8 Å². The van der Waals surface area contributed by atoms with E-state index in [4.69, 9.17) is 0 Å². The first-order chi connectivity index (χ1) is 4.86. The van der Waals surface area contributed by atoms with E-state index in [0.29, 0.717) is 18.5 Å². The van der Waals surface area contributed by atoms with Gasteiger partial charge in [-0.05, 0) is 12.3 Å². The van der Waals surface area contributed by atoms with Gasteiger partial charge in [-0.1, -0.05) is 0 Å². The molecule has 1 heterocycles. The summed E-state index contributed by atoms with van der Waals surface area (Å²) < 4.78 is 0. The van der Waals surface area contributed by atoms with Gasteiger partial charge in [-0.3, -0.25) is 0 Å². The summed E-state index contributed by atoms with van der Waals surface area (Å²) in [5.74, 6) is 6.48. The Hall–Kier alpha value is -1.32. The van der Waals surface area contributed by atoms with Crippen molar-refractivity contribution in [2.45, 2.75) is 12.8 Å². The Labute approximate surface area is 59.3 Å². The van der Waals surface area contributed by atoms with E-state index in [1.165, 1.54) is 0 Å². The normalized spacial score (nSPS) is 21.6. The molecule has 0 fully saturated rings. The third-order valence-electron chi connectivity index (χ3n) is 1.51. The fourth-order valence-electron chi connectivity index (χ4n) is 1.03. The molecule has 0 aromatic carbocycles. The Morgan fingerprint density at radius 2 is 2.50 bits per heavy atom. The van der Waals surface area contributed by atoms with Crippen LogP contribution in [0.3, 0.4) is 0 Å². The van der Waals surface area contributed by atoms with Gasteiger partial charge in [0.1, 0.15) is 12.3 Å². The zero-order valence-corrected chi connectivity index (χ0v) is 5.27. The summed E-state index contributed by atoms with van der Waals surface area (Å²) in [6, 6.07) is 0. The lowest BCUT2D eigenvalue weighted by molar-refractivity contribution is -0.217. The summed E-state index contributed by atoms with van der Waals surface area (Å²) in [4.78, 5) is 3.74. The summed E-state index contributed by atoms with van der Waals surface area (Å²) in [6.45, 7) is 0. The Morgan fingerprint density at radius 3 is 3.30 bits per heavy atom. The van der Waals surface area contributed by atoms with E-state index in [2.05, 4.69) is 22.9 Å². The van der Waals surface area contributed by atoms with Crippen LogP contribution in [0.25, 0.3) is 0 Å². The van der Waals surface area contributed by atoms with Crippen molar-refractivity contribution >= 4 is 5.90 Å². The van der Waals surface area contributed by atoms with Gasteiger partial charge in [0.25, 0.3) is 0 Å². The molecule has 0 saturated carbocycles. The van der Waals surface area contributed by atoms with Crippen LogP contribution in [-0.2, 0) is 0 Å². The SMILES string of the molecule is [O-]C1=NC2=[C+]C#CC[C]2C1. The highest BCUT2D eigenvalue weighted by molar-refractivity contribution is 5.80. The van der Waals surface area contributed by atoms with Crippen molar-refractivity contribution in [3.63, 3.8) is 0 Å². The minimum Gasteiger partial charge on any atom is -0.862 e. The monoisotopic (exact) mass is 130 g/mol. The maximum absolute atomic E-state index is 10.7. The molecule has 1 aliphatic carbocycles. The van der Waals surface area contributed by atoms with Crippen molar-refractivity contribution in [2.24, 2.45) is 4.99 Å². The Bertz CT molecular complexity index is 277. The molecule has 0 unspecified atom stereocenters. The van der Waals surface area contributed by atoms with Crippen molar-refractivity contribution in [1.29, 1.82) is 0 Å². The third-order valence-corrected chi connectivity index (χ3v) is 1.51. The minimum atomic E-state index is -0.0667. The highest BCUT2D eigenvalue weighted by Gasteiger charge is 2.28. The van der Waals surface area contributed by atoms with E-state index in [1.54, 1.807) is 0 Å². The minimum absolute atomic E-state index is 0.0667. The van der Waals surface area contributed by atoms with Gasteiger partial charge in [0.05, 0.1) is 5.92 Å². The fourth-order valence-corrected chi connectivity index (χ4v) is 1.03. The van der Waals surface area contributed by atoms with Gasteiger partial charge in [-0.25, -0.2) is 4.99 Å². The largest absolute Gasteiger partial charge is 0.862 e. The molecule has 0 saturated heterocycles. The molecule has 0 aromatic rings. The first kappa shape index (κ1) is 5.46. The summed E-state index contributed by atoms with van der Waals surface area (Å²) in [6.07, 6.45) is 3.89. The molecule has 1 radical (unpaired) electrons. The predicted molar refractivity (Wildman–Crippen MR) is 34.4 cm³/mol. The Balaban J connectivity index is 2.34. The molecule has 2 nitrogen and oxygen atoms in total. The van der Waals surface area contributed by atoms with Crippen LogP contribution in [-0.4, -0.2) is 5.90 Å². The topological polar surface area (TPSA) is 35.4 Å². The van der Waals surface area contributed by atoms with Crippen molar-refractivity contribution in [1.82, 2.24) is 0 Å². The van der Waals surface area contributed by atoms with Crippen LogP contribution in [0.5, 0.6) is 0 Å². The van der Waals surface area contributed by atoms with Crippen molar-refractivity contribution < 1.29 is 5.11 Å². The zero-order valence-electron chi connectivity index (χ0n) is 5.27. The lowest BCUT2D eigenvalue weighted by Crippen LogP contribution is -2.14. The highest BCUT2D eigenvalue weighted by Crippen LogP contribution is 2.29.